The number of sulfonamides is 1. The van der Waals surface area contributed by atoms with Crippen molar-refractivity contribution >= 4 is 16.1 Å². The molecule has 27 heavy (non-hydrogen) atoms. The highest BCUT2D eigenvalue weighted by Gasteiger charge is 2.31. The molecule has 0 aliphatic heterocycles. The van der Waals surface area contributed by atoms with Crippen molar-refractivity contribution in [3.8, 4) is 5.75 Å². The van der Waals surface area contributed by atoms with Crippen LogP contribution in [-0.4, -0.2) is 26.6 Å². The lowest BCUT2D eigenvalue weighted by Crippen LogP contribution is -2.53. The van der Waals surface area contributed by atoms with Gasteiger partial charge in [0.1, 0.15) is 5.75 Å². The van der Waals surface area contributed by atoms with E-state index in [0.29, 0.717) is 18.6 Å². The van der Waals surface area contributed by atoms with Gasteiger partial charge in [-0.2, -0.15) is 0 Å². The van der Waals surface area contributed by atoms with E-state index in [1.54, 1.807) is 48.5 Å². The predicted molar refractivity (Wildman–Crippen MR) is 103 cm³/mol. The Morgan fingerprint density at radius 1 is 0.963 bits per heavy atom. The van der Waals surface area contributed by atoms with Crippen LogP contribution in [0.1, 0.15) is 31.2 Å². The van der Waals surface area contributed by atoms with Crippen molar-refractivity contribution in [2.24, 2.45) is 0 Å². The van der Waals surface area contributed by atoms with Crippen LogP contribution in [0.25, 0.3) is 0 Å². The average molecular weight is 388 g/mol. The number of para-hydroxylation sites is 1. The Bertz CT molecular complexity index is 867. The summed E-state index contributed by atoms with van der Waals surface area (Å²) in [5.41, 5.74) is 0.995. The molecule has 1 aliphatic rings. The molecule has 2 aromatic rings. The van der Waals surface area contributed by atoms with Gasteiger partial charge in [-0.3, -0.25) is 0 Å². The van der Waals surface area contributed by atoms with Crippen molar-refractivity contribution in [1.29, 1.82) is 0 Å². The van der Waals surface area contributed by atoms with E-state index >= 15 is 0 Å². The highest BCUT2D eigenvalue weighted by Crippen LogP contribution is 2.21. The van der Waals surface area contributed by atoms with Crippen LogP contribution in [0.3, 0.4) is 0 Å². The molecule has 1 amide bonds. The minimum atomic E-state index is -3.65. The molecule has 7 heteroatoms. The number of rotatable bonds is 5. The molecule has 1 fully saturated rings. The zero-order chi connectivity index (χ0) is 19.3. The molecule has 2 N–H and O–H groups in total. The van der Waals surface area contributed by atoms with Crippen molar-refractivity contribution < 1.29 is 17.9 Å². The first kappa shape index (κ1) is 19.4. The number of nitrogens with one attached hydrogen (secondary N) is 2. The molecular formula is C20H24N2O4S. The Kier molecular flexibility index (Phi) is 6.13. The lowest BCUT2D eigenvalue weighted by Gasteiger charge is -2.32. The molecule has 2 atom stereocenters. The van der Waals surface area contributed by atoms with Crippen LogP contribution in [0.5, 0.6) is 5.75 Å². The molecule has 0 bridgehead atoms. The molecular weight excluding hydrogens is 364 g/mol. The van der Waals surface area contributed by atoms with Crippen LogP contribution < -0.4 is 14.8 Å². The first-order valence-corrected chi connectivity index (χ1v) is 10.5. The second-order valence-corrected chi connectivity index (χ2v) is 8.49. The Labute approximate surface area is 160 Å². The van der Waals surface area contributed by atoms with Crippen LogP contribution in [-0.2, 0) is 10.0 Å². The summed E-state index contributed by atoms with van der Waals surface area (Å²) in [7, 11) is -3.65. The van der Waals surface area contributed by atoms with Crippen LogP contribution >= 0.6 is 0 Å². The van der Waals surface area contributed by atoms with Gasteiger partial charge in [-0.25, -0.2) is 17.9 Å². The summed E-state index contributed by atoms with van der Waals surface area (Å²) >= 11 is 0. The van der Waals surface area contributed by atoms with Crippen molar-refractivity contribution in [3.63, 3.8) is 0 Å². The monoisotopic (exact) mass is 388 g/mol. The Morgan fingerprint density at radius 3 is 2.26 bits per heavy atom. The fourth-order valence-electron chi connectivity index (χ4n) is 3.21. The molecule has 2 aromatic carbocycles. The molecule has 1 aliphatic carbocycles. The quantitative estimate of drug-likeness (QED) is 0.822. The first-order valence-electron chi connectivity index (χ1n) is 9.06. The summed E-state index contributed by atoms with van der Waals surface area (Å²) < 4.78 is 33.4. The van der Waals surface area contributed by atoms with Crippen molar-refractivity contribution in [3.05, 3.63) is 60.2 Å². The normalized spacial score (nSPS) is 20.0. The van der Waals surface area contributed by atoms with E-state index in [1.165, 1.54) is 0 Å². The second kappa shape index (κ2) is 8.54. The molecule has 0 aromatic heterocycles. The topological polar surface area (TPSA) is 84.5 Å². The molecule has 0 radical (unpaired) electrons. The van der Waals surface area contributed by atoms with Gasteiger partial charge in [-0.1, -0.05) is 48.7 Å². The molecule has 6 nitrogen and oxygen atoms in total. The lowest BCUT2D eigenvalue weighted by molar-refractivity contribution is 0.187. The van der Waals surface area contributed by atoms with E-state index in [0.717, 1.165) is 18.4 Å². The molecule has 0 saturated heterocycles. The van der Waals surface area contributed by atoms with E-state index < -0.39 is 16.1 Å². The fourth-order valence-corrected chi connectivity index (χ4v) is 4.52. The Morgan fingerprint density at radius 2 is 1.59 bits per heavy atom. The lowest BCUT2D eigenvalue weighted by atomic mass is 9.91. The van der Waals surface area contributed by atoms with E-state index in [-0.39, 0.29) is 17.0 Å². The summed E-state index contributed by atoms with van der Waals surface area (Å²) in [6.45, 7) is 1.91. The fraction of sp³-hybridized carbons (Fsp3) is 0.350. The summed E-state index contributed by atoms with van der Waals surface area (Å²) in [6, 6.07) is 14.8. The molecule has 3 rings (SSSR count). The maximum absolute atomic E-state index is 12.7. The van der Waals surface area contributed by atoms with Gasteiger partial charge in [-0.05, 0) is 44.0 Å². The minimum Gasteiger partial charge on any atom is -0.410 e. The number of hydrogen-bond acceptors (Lipinski definition) is 4. The van der Waals surface area contributed by atoms with Crippen LogP contribution in [0.4, 0.5) is 4.79 Å². The van der Waals surface area contributed by atoms with Crippen LogP contribution in [0.15, 0.2) is 59.5 Å². The van der Waals surface area contributed by atoms with E-state index in [1.807, 2.05) is 13.0 Å². The van der Waals surface area contributed by atoms with Crippen LogP contribution in [0.2, 0.25) is 0 Å². The van der Waals surface area contributed by atoms with Crippen molar-refractivity contribution in [1.82, 2.24) is 10.0 Å². The van der Waals surface area contributed by atoms with E-state index in [9.17, 15) is 13.2 Å². The molecule has 0 heterocycles. The number of aryl methyl sites for hydroxylation is 1. The standard InChI is InChI=1S/C20H24N2O4S/c1-15-11-13-17(14-12-15)27(24,25)22-19-10-6-5-9-18(19)21-20(23)26-16-7-3-2-4-8-16/h2-4,7-8,11-14,18-19,22H,5-6,9-10H2,1H3,(H,21,23)/t18-,19-/m1/s1. The zero-order valence-corrected chi connectivity index (χ0v) is 16.0. The maximum Gasteiger partial charge on any atom is 0.412 e. The van der Waals surface area contributed by atoms with Gasteiger partial charge >= 0.3 is 6.09 Å². The third kappa shape index (κ3) is 5.30. The number of carbonyl (C=O) groups is 1. The van der Waals surface area contributed by atoms with E-state index in [2.05, 4.69) is 10.0 Å². The van der Waals surface area contributed by atoms with Gasteiger partial charge in [0.15, 0.2) is 0 Å². The van der Waals surface area contributed by atoms with Gasteiger partial charge < -0.3 is 10.1 Å². The molecule has 144 valence electrons. The number of ether oxygens (including phenoxy) is 1. The largest absolute Gasteiger partial charge is 0.412 e. The van der Waals surface area contributed by atoms with E-state index in [4.69, 9.17) is 4.74 Å². The molecule has 0 unspecified atom stereocenters. The number of hydrogen-bond donors (Lipinski definition) is 2. The average Bonchev–Trinajstić information content (AvgIpc) is 2.64. The van der Waals surface area contributed by atoms with Crippen LogP contribution in [0, 0.1) is 6.92 Å². The third-order valence-electron chi connectivity index (χ3n) is 4.66. The third-order valence-corrected chi connectivity index (χ3v) is 6.17. The molecule has 0 spiro atoms. The highest BCUT2D eigenvalue weighted by atomic mass is 32.2. The highest BCUT2D eigenvalue weighted by molar-refractivity contribution is 7.89. The van der Waals surface area contributed by atoms with Gasteiger partial charge in [0.2, 0.25) is 10.0 Å². The van der Waals surface area contributed by atoms with Gasteiger partial charge in [0, 0.05) is 12.1 Å². The summed E-state index contributed by atoms with van der Waals surface area (Å²) in [6.07, 6.45) is 2.63. The first-order chi connectivity index (χ1) is 12.9. The van der Waals surface area contributed by atoms with Crippen molar-refractivity contribution in [2.45, 2.75) is 49.6 Å². The summed E-state index contributed by atoms with van der Waals surface area (Å²) in [5, 5.41) is 2.81. The maximum atomic E-state index is 12.7. The SMILES string of the molecule is Cc1ccc(S(=O)(=O)N[C@@H]2CCCC[C@H]2NC(=O)Oc2ccccc2)cc1. The predicted octanol–water partition coefficient (Wildman–Crippen LogP) is 3.37. The number of carbonyl (C=O) groups excluding carboxylic acids is 1. The minimum absolute atomic E-state index is 0.226. The Hall–Kier alpha value is -2.38. The van der Waals surface area contributed by atoms with Crippen molar-refractivity contribution in [2.75, 3.05) is 0 Å². The smallest absolute Gasteiger partial charge is 0.410 e. The number of amides is 1. The van der Waals surface area contributed by atoms with Gasteiger partial charge in [0.25, 0.3) is 0 Å². The Balaban J connectivity index is 1.66. The van der Waals surface area contributed by atoms with Gasteiger partial charge in [0.05, 0.1) is 4.90 Å². The summed E-state index contributed by atoms with van der Waals surface area (Å²) in [5.74, 6) is 0.447. The molecule has 1 saturated carbocycles. The van der Waals surface area contributed by atoms with Gasteiger partial charge in [-0.15, -0.1) is 0 Å². The zero-order valence-electron chi connectivity index (χ0n) is 15.2. The number of benzene rings is 2. The second-order valence-electron chi connectivity index (χ2n) is 6.78. The summed E-state index contributed by atoms with van der Waals surface area (Å²) in [4.78, 5) is 12.4.